The quantitative estimate of drug-likeness (QED) is 0.651. The second-order valence-corrected chi connectivity index (χ2v) is 4.16. The minimum atomic E-state index is 0.404. The number of halogens is 1. The van der Waals surface area contributed by atoms with Gasteiger partial charge in [-0.2, -0.15) is 0 Å². The Bertz CT molecular complexity index is 265. The molecule has 0 bridgehead atoms. The molecule has 3 heteroatoms. The van der Waals surface area contributed by atoms with Gasteiger partial charge in [-0.15, -0.1) is 11.3 Å². The number of hydrogen-bond donors (Lipinski definition) is 0. The summed E-state index contributed by atoms with van der Waals surface area (Å²) in [7, 11) is 0. The number of hydrogen-bond acceptors (Lipinski definition) is 2. The van der Waals surface area contributed by atoms with Crippen LogP contribution in [-0.4, -0.2) is 6.29 Å². The van der Waals surface area contributed by atoms with E-state index in [0.29, 0.717) is 15.8 Å². The SMILES string of the molecule is CC(C)c1sc(C=O)cc1Cl. The Hall–Kier alpha value is -0.340. The highest BCUT2D eigenvalue weighted by Crippen LogP contribution is 2.31. The van der Waals surface area contributed by atoms with Crippen LogP contribution in [-0.2, 0) is 0 Å². The first-order chi connectivity index (χ1) is 5.15. The first-order valence-corrected chi connectivity index (χ1v) is 4.59. The van der Waals surface area contributed by atoms with Crippen LogP contribution in [0.4, 0.5) is 0 Å². The van der Waals surface area contributed by atoms with E-state index in [-0.39, 0.29) is 0 Å². The standard InChI is InChI=1S/C8H9ClOS/c1-5(2)8-7(9)3-6(4-10)11-8/h3-5H,1-2H3. The molecule has 11 heavy (non-hydrogen) atoms. The summed E-state index contributed by atoms with van der Waals surface area (Å²) in [4.78, 5) is 12.1. The van der Waals surface area contributed by atoms with E-state index in [0.717, 1.165) is 11.2 Å². The average Bonchev–Trinajstić information content (AvgIpc) is 2.30. The fourth-order valence-electron chi connectivity index (χ4n) is 0.853. The van der Waals surface area contributed by atoms with Gasteiger partial charge in [-0.25, -0.2) is 0 Å². The predicted molar refractivity (Wildman–Crippen MR) is 48.8 cm³/mol. The van der Waals surface area contributed by atoms with Crippen LogP contribution in [0.15, 0.2) is 6.07 Å². The van der Waals surface area contributed by atoms with Crippen molar-refractivity contribution in [2.75, 3.05) is 0 Å². The highest BCUT2D eigenvalue weighted by molar-refractivity contribution is 7.14. The molecule has 0 atom stereocenters. The predicted octanol–water partition coefficient (Wildman–Crippen LogP) is 3.34. The first-order valence-electron chi connectivity index (χ1n) is 3.39. The van der Waals surface area contributed by atoms with Crippen molar-refractivity contribution in [3.05, 3.63) is 20.8 Å². The van der Waals surface area contributed by atoms with Crippen LogP contribution in [0.2, 0.25) is 5.02 Å². The molecule has 1 aromatic rings. The molecular formula is C8H9ClOS. The van der Waals surface area contributed by atoms with Gasteiger partial charge in [-0.3, -0.25) is 4.79 Å². The van der Waals surface area contributed by atoms with E-state index in [1.165, 1.54) is 11.3 Å². The molecule has 0 aliphatic rings. The lowest BCUT2D eigenvalue weighted by atomic mass is 10.2. The fourth-order valence-corrected chi connectivity index (χ4v) is 2.24. The topological polar surface area (TPSA) is 17.1 Å². The molecule has 0 radical (unpaired) electrons. The van der Waals surface area contributed by atoms with Gasteiger partial charge in [0.15, 0.2) is 6.29 Å². The van der Waals surface area contributed by atoms with Gasteiger partial charge in [0.25, 0.3) is 0 Å². The van der Waals surface area contributed by atoms with Crippen LogP contribution in [0.3, 0.4) is 0 Å². The third-order valence-corrected chi connectivity index (χ3v) is 3.16. The third kappa shape index (κ3) is 1.82. The molecule has 0 saturated heterocycles. The van der Waals surface area contributed by atoms with Gasteiger partial charge in [0.05, 0.1) is 9.90 Å². The average molecular weight is 189 g/mol. The zero-order valence-corrected chi connectivity index (χ0v) is 8.00. The maximum absolute atomic E-state index is 10.3. The van der Waals surface area contributed by atoms with Gasteiger partial charge in [0.2, 0.25) is 0 Å². The summed E-state index contributed by atoms with van der Waals surface area (Å²) in [5, 5.41) is 0.715. The zero-order valence-electron chi connectivity index (χ0n) is 6.43. The third-order valence-electron chi connectivity index (χ3n) is 1.37. The number of rotatable bonds is 2. The van der Waals surface area contributed by atoms with Gasteiger partial charge < -0.3 is 0 Å². The summed E-state index contributed by atoms with van der Waals surface area (Å²) in [6, 6.07) is 1.72. The largest absolute Gasteiger partial charge is 0.297 e. The van der Waals surface area contributed by atoms with E-state index in [4.69, 9.17) is 11.6 Å². The lowest BCUT2D eigenvalue weighted by molar-refractivity contribution is 0.112. The molecule has 0 aliphatic carbocycles. The molecule has 0 saturated carbocycles. The monoisotopic (exact) mass is 188 g/mol. The molecular weight excluding hydrogens is 180 g/mol. The normalized spacial score (nSPS) is 10.5. The summed E-state index contributed by atoms with van der Waals surface area (Å²) in [6.45, 7) is 4.12. The number of carbonyl (C=O) groups excluding carboxylic acids is 1. The van der Waals surface area contributed by atoms with Crippen LogP contribution in [0.5, 0.6) is 0 Å². The summed E-state index contributed by atoms with van der Waals surface area (Å²) < 4.78 is 0. The maximum Gasteiger partial charge on any atom is 0.160 e. The number of thiophene rings is 1. The van der Waals surface area contributed by atoms with Crippen LogP contribution in [0.25, 0.3) is 0 Å². The molecule has 1 heterocycles. The van der Waals surface area contributed by atoms with Crippen molar-refractivity contribution in [1.82, 2.24) is 0 Å². The number of carbonyl (C=O) groups is 1. The van der Waals surface area contributed by atoms with Gasteiger partial charge >= 0.3 is 0 Å². The van der Waals surface area contributed by atoms with E-state index in [1.807, 2.05) is 0 Å². The van der Waals surface area contributed by atoms with Crippen molar-refractivity contribution in [2.45, 2.75) is 19.8 Å². The van der Waals surface area contributed by atoms with Crippen molar-refractivity contribution in [2.24, 2.45) is 0 Å². The van der Waals surface area contributed by atoms with Gasteiger partial charge in [-0.1, -0.05) is 25.4 Å². The van der Waals surface area contributed by atoms with E-state index >= 15 is 0 Å². The lowest BCUT2D eigenvalue weighted by Gasteiger charge is -1.99. The van der Waals surface area contributed by atoms with Gasteiger partial charge in [0, 0.05) is 4.88 Å². The Morgan fingerprint density at radius 2 is 2.27 bits per heavy atom. The molecule has 0 spiro atoms. The maximum atomic E-state index is 10.3. The molecule has 1 aromatic heterocycles. The molecule has 0 unspecified atom stereocenters. The van der Waals surface area contributed by atoms with Crippen molar-refractivity contribution >= 4 is 29.2 Å². The Balaban J connectivity index is 3.06. The van der Waals surface area contributed by atoms with E-state index in [9.17, 15) is 4.79 Å². The van der Waals surface area contributed by atoms with Crippen molar-refractivity contribution in [3.8, 4) is 0 Å². The Morgan fingerprint density at radius 3 is 2.55 bits per heavy atom. The zero-order chi connectivity index (χ0) is 8.43. The molecule has 0 amide bonds. The minimum absolute atomic E-state index is 0.404. The summed E-state index contributed by atoms with van der Waals surface area (Å²) in [5.74, 6) is 0.404. The molecule has 0 aromatic carbocycles. The highest BCUT2D eigenvalue weighted by atomic mass is 35.5. The van der Waals surface area contributed by atoms with Crippen molar-refractivity contribution in [1.29, 1.82) is 0 Å². The second-order valence-electron chi connectivity index (χ2n) is 2.63. The van der Waals surface area contributed by atoms with Crippen molar-refractivity contribution < 1.29 is 4.79 Å². The Kier molecular flexibility index (Phi) is 2.68. The van der Waals surface area contributed by atoms with E-state index in [2.05, 4.69) is 13.8 Å². The molecule has 0 fully saturated rings. The lowest BCUT2D eigenvalue weighted by Crippen LogP contribution is -1.79. The number of aldehydes is 1. The second kappa shape index (κ2) is 3.37. The fraction of sp³-hybridized carbons (Fsp3) is 0.375. The van der Waals surface area contributed by atoms with Crippen LogP contribution >= 0.6 is 22.9 Å². The van der Waals surface area contributed by atoms with E-state index in [1.54, 1.807) is 6.07 Å². The summed E-state index contributed by atoms with van der Waals surface area (Å²) in [6.07, 6.45) is 0.836. The molecule has 60 valence electrons. The summed E-state index contributed by atoms with van der Waals surface area (Å²) in [5.41, 5.74) is 0. The molecule has 0 aliphatic heterocycles. The molecule has 1 nitrogen and oxygen atoms in total. The van der Waals surface area contributed by atoms with Crippen molar-refractivity contribution in [3.63, 3.8) is 0 Å². The molecule has 1 rings (SSSR count). The van der Waals surface area contributed by atoms with E-state index < -0.39 is 0 Å². The highest BCUT2D eigenvalue weighted by Gasteiger charge is 2.09. The van der Waals surface area contributed by atoms with Crippen LogP contribution in [0, 0.1) is 0 Å². The minimum Gasteiger partial charge on any atom is -0.297 e. The summed E-state index contributed by atoms with van der Waals surface area (Å²) >= 11 is 7.34. The van der Waals surface area contributed by atoms with Crippen LogP contribution < -0.4 is 0 Å². The Morgan fingerprint density at radius 1 is 1.64 bits per heavy atom. The molecule has 0 N–H and O–H groups in total. The van der Waals surface area contributed by atoms with Gasteiger partial charge in [-0.05, 0) is 12.0 Å². The van der Waals surface area contributed by atoms with Gasteiger partial charge in [0.1, 0.15) is 0 Å². The Labute approximate surface area is 75.0 Å². The van der Waals surface area contributed by atoms with Crippen LogP contribution in [0.1, 0.15) is 34.3 Å². The first kappa shape index (κ1) is 8.75. The smallest absolute Gasteiger partial charge is 0.160 e.